The van der Waals surface area contributed by atoms with Gasteiger partial charge in [0.05, 0.1) is 6.10 Å². The first-order valence-corrected chi connectivity index (χ1v) is 8.31. The number of fused-ring (bicyclic) bond motifs is 2. The topological polar surface area (TPSA) is 63.2 Å². The Balaban J connectivity index is 1.43. The molecule has 3 aliphatic rings. The van der Waals surface area contributed by atoms with Gasteiger partial charge in [0.25, 0.3) is 0 Å². The lowest BCUT2D eigenvalue weighted by molar-refractivity contribution is -0.125. The predicted octanol–water partition coefficient (Wildman–Crippen LogP) is 2.86. The number of urea groups is 1. The molecule has 2 amide bonds. The van der Waals surface area contributed by atoms with E-state index in [0.717, 1.165) is 18.6 Å². The van der Waals surface area contributed by atoms with Crippen molar-refractivity contribution >= 4 is 11.8 Å². The van der Waals surface area contributed by atoms with Gasteiger partial charge in [-0.05, 0) is 37.8 Å². The van der Waals surface area contributed by atoms with E-state index in [9.17, 15) is 4.79 Å². The zero-order valence-corrected chi connectivity index (χ0v) is 13.0. The molecule has 2 aliphatic carbocycles. The van der Waals surface area contributed by atoms with Crippen molar-refractivity contribution in [1.29, 1.82) is 0 Å². The van der Waals surface area contributed by atoms with Crippen LogP contribution in [0.4, 0.5) is 10.6 Å². The Hall–Kier alpha value is -1.62. The molecule has 1 saturated heterocycles. The van der Waals surface area contributed by atoms with Crippen molar-refractivity contribution in [3.8, 4) is 0 Å². The minimum atomic E-state index is -0.141. The van der Waals surface area contributed by atoms with Crippen molar-refractivity contribution in [3.05, 3.63) is 23.9 Å². The van der Waals surface area contributed by atoms with Gasteiger partial charge in [-0.2, -0.15) is 0 Å². The van der Waals surface area contributed by atoms with E-state index in [4.69, 9.17) is 4.74 Å². The van der Waals surface area contributed by atoms with E-state index in [0.29, 0.717) is 17.8 Å². The number of aryl methyl sites for hydroxylation is 1. The van der Waals surface area contributed by atoms with Gasteiger partial charge in [0, 0.05) is 30.2 Å². The Kier molecular flexibility index (Phi) is 3.33. The minimum Gasteiger partial charge on any atom is -0.377 e. The van der Waals surface area contributed by atoms with E-state index in [1.807, 2.05) is 19.1 Å². The lowest BCUT2D eigenvalue weighted by atomic mass is 9.54. The Morgan fingerprint density at radius 3 is 2.91 bits per heavy atom. The van der Waals surface area contributed by atoms with Crippen LogP contribution in [-0.2, 0) is 4.74 Å². The fraction of sp³-hybridized carbons (Fsp3) is 0.647. The molecule has 0 unspecified atom stereocenters. The molecule has 2 heterocycles. The van der Waals surface area contributed by atoms with Crippen LogP contribution in [-0.4, -0.2) is 29.8 Å². The largest absolute Gasteiger partial charge is 0.377 e. The average Bonchev–Trinajstić information content (AvgIpc) is 3.15. The van der Waals surface area contributed by atoms with Crippen molar-refractivity contribution in [2.75, 3.05) is 11.9 Å². The van der Waals surface area contributed by atoms with Gasteiger partial charge in [0.15, 0.2) is 0 Å². The molecule has 4 rings (SSSR count). The highest BCUT2D eigenvalue weighted by Gasteiger charge is 2.65. The number of carbonyl (C=O) groups excluding carboxylic acids is 1. The Morgan fingerprint density at radius 1 is 1.36 bits per heavy atom. The zero-order chi connectivity index (χ0) is 15.2. The van der Waals surface area contributed by atoms with E-state index in [1.54, 1.807) is 6.20 Å². The molecule has 22 heavy (non-hydrogen) atoms. The maximum absolute atomic E-state index is 12.3. The van der Waals surface area contributed by atoms with Crippen LogP contribution < -0.4 is 10.6 Å². The number of anilines is 1. The number of aromatic nitrogens is 1. The number of nitrogens with one attached hydrogen (secondary N) is 2. The second-order valence-electron chi connectivity index (χ2n) is 6.98. The fourth-order valence-electron chi connectivity index (χ4n) is 4.74. The summed E-state index contributed by atoms with van der Waals surface area (Å²) < 4.78 is 5.95. The normalized spacial score (nSPS) is 31.6. The number of pyridine rings is 1. The number of amides is 2. The quantitative estimate of drug-likeness (QED) is 0.883. The molecule has 1 aliphatic heterocycles. The summed E-state index contributed by atoms with van der Waals surface area (Å²) >= 11 is 0. The third-order valence-corrected chi connectivity index (χ3v) is 5.73. The van der Waals surface area contributed by atoms with Gasteiger partial charge >= 0.3 is 6.03 Å². The van der Waals surface area contributed by atoms with Gasteiger partial charge in [-0.15, -0.1) is 0 Å². The molecule has 0 aromatic carbocycles. The number of rotatable bonds is 2. The lowest BCUT2D eigenvalue weighted by Gasteiger charge is -2.56. The van der Waals surface area contributed by atoms with Gasteiger partial charge in [0.2, 0.25) is 0 Å². The first-order chi connectivity index (χ1) is 10.7. The molecule has 5 heteroatoms. The number of carbonyl (C=O) groups is 1. The van der Waals surface area contributed by atoms with Gasteiger partial charge in [-0.3, -0.25) is 5.32 Å². The highest BCUT2D eigenvalue weighted by molar-refractivity contribution is 5.88. The zero-order valence-electron chi connectivity index (χ0n) is 13.0. The highest BCUT2D eigenvalue weighted by Crippen LogP contribution is 2.60. The molecule has 0 bridgehead atoms. The van der Waals surface area contributed by atoms with Gasteiger partial charge in [-0.1, -0.05) is 18.9 Å². The molecule has 1 aromatic heterocycles. The smallest absolute Gasteiger partial charge is 0.320 e. The molecule has 3 atom stereocenters. The maximum atomic E-state index is 12.3. The van der Waals surface area contributed by atoms with Crippen LogP contribution in [0.5, 0.6) is 0 Å². The van der Waals surface area contributed by atoms with Crippen molar-refractivity contribution in [2.24, 2.45) is 11.3 Å². The molecule has 2 N–H and O–H groups in total. The molecular formula is C17H23N3O2. The van der Waals surface area contributed by atoms with Crippen LogP contribution >= 0.6 is 0 Å². The summed E-state index contributed by atoms with van der Waals surface area (Å²) in [5, 5.41) is 6.07. The first kappa shape index (κ1) is 14.0. The molecule has 5 nitrogen and oxygen atoms in total. The molecular weight excluding hydrogens is 278 g/mol. The summed E-state index contributed by atoms with van der Waals surface area (Å²) in [6.45, 7) is 2.83. The molecule has 118 valence electrons. The van der Waals surface area contributed by atoms with Crippen LogP contribution in [0.2, 0.25) is 0 Å². The average molecular weight is 301 g/mol. The maximum Gasteiger partial charge on any atom is 0.320 e. The summed E-state index contributed by atoms with van der Waals surface area (Å²) in [5.74, 6) is 1.09. The lowest BCUT2D eigenvalue weighted by Crippen LogP contribution is -2.68. The molecule has 2 saturated carbocycles. The third kappa shape index (κ3) is 2.10. The third-order valence-electron chi connectivity index (χ3n) is 5.73. The Labute approximate surface area is 130 Å². The Morgan fingerprint density at radius 2 is 2.18 bits per heavy atom. The van der Waals surface area contributed by atoms with Crippen molar-refractivity contribution in [3.63, 3.8) is 0 Å². The van der Waals surface area contributed by atoms with Gasteiger partial charge < -0.3 is 10.1 Å². The van der Waals surface area contributed by atoms with Crippen LogP contribution in [0.15, 0.2) is 18.3 Å². The molecule has 1 aromatic rings. The Bertz CT molecular complexity index is 566. The standard InChI is InChI=1S/C17H23N3O2/c1-11-4-5-13(18-10-11)19-16(21)20-14-12-6-9-22-15(12)17(14)7-2-3-8-17/h4-5,10,12,14-15H,2-3,6-9H2,1H3,(H2,18,19,20,21)/t12-,14-,15+/m1/s1. The van der Waals surface area contributed by atoms with E-state index in [1.165, 1.54) is 25.7 Å². The summed E-state index contributed by atoms with van der Waals surface area (Å²) in [6, 6.07) is 3.90. The summed E-state index contributed by atoms with van der Waals surface area (Å²) in [7, 11) is 0. The van der Waals surface area contributed by atoms with Gasteiger partial charge in [0.1, 0.15) is 5.82 Å². The fourth-order valence-corrected chi connectivity index (χ4v) is 4.74. The number of ether oxygens (including phenoxy) is 1. The summed E-state index contributed by atoms with van der Waals surface area (Å²) in [5.41, 5.74) is 1.28. The first-order valence-electron chi connectivity index (χ1n) is 8.31. The van der Waals surface area contributed by atoms with Crippen molar-refractivity contribution in [1.82, 2.24) is 10.3 Å². The second kappa shape index (κ2) is 5.23. The van der Waals surface area contributed by atoms with E-state index >= 15 is 0 Å². The SMILES string of the molecule is Cc1ccc(NC(=O)N[C@@H]2[C@H]3CCO[C@@H]3C23CCCC3)nc1. The molecule has 3 fully saturated rings. The van der Waals surface area contributed by atoms with Crippen molar-refractivity contribution < 1.29 is 9.53 Å². The van der Waals surface area contributed by atoms with E-state index < -0.39 is 0 Å². The monoisotopic (exact) mass is 301 g/mol. The van der Waals surface area contributed by atoms with Crippen LogP contribution in [0.1, 0.15) is 37.7 Å². The van der Waals surface area contributed by atoms with Crippen molar-refractivity contribution in [2.45, 2.75) is 51.2 Å². The van der Waals surface area contributed by atoms with Crippen LogP contribution in [0, 0.1) is 18.3 Å². The highest BCUT2D eigenvalue weighted by atomic mass is 16.5. The molecule has 0 radical (unpaired) electrons. The summed E-state index contributed by atoms with van der Waals surface area (Å²) in [4.78, 5) is 16.6. The van der Waals surface area contributed by atoms with Gasteiger partial charge in [-0.25, -0.2) is 9.78 Å². The number of nitrogens with zero attached hydrogens (tertiary/aromatic N) is 1. The van der Waals surface area contributed by atoms with Crippen LogP contribution in [0.25, 0.3) is 0 Å². The number of hydrogen-bond acceptors (Lipinski definition) is 3. The summed E-state index contributed by atoms with van der Waals surface area (Å²) in [6.07, 6.45) is 8.08. The van der Waals surface area contributed by atoms with E-state index in [2.05, 4.69) is 15.6 Å². The minimum absolute atomic E-state index is 0.141. The second-order valence-corrected chi connectivity index (χ2v) is 6.98. The number of hydrogen-bond donors (Lipinski definition) is 2. The predicted molar refractivity (Wildman–Crippen MR) is 83.7 cm³/mol. The molecule has 1 spiro atoms. The van der Waals surface area contributed by atoms with E-state index in [-0.39, 0.29) is 17.5 Å². The van der Waals surface area contributed by atoms with Crippen LogP contribution in [0.3, 0.4) is 0 Å².